The van der Waals surface area contributed by atoms with Crippen molar-refractivity contribution < 1.29 is 9.53 Å². The van der Waals surface area contributed by atoms with Crippen LogP contribution < -0.4 is 5.73 Å². The number of ether oxygens (including phenoxy) is 1. The van der Waals surface area contributed by atoms with Crippen molar-refractivity contribution in [2.24, 2.45) is 11.7 Å². The van der Waals surface area contributed by atoms with E-state index in [2.05, 4.69) is 18.6 Å². The second kappa shape index (κ2) is 8.11. The molecule has 0 fully saturated rings. The molecule has 0 aromatic heterocycles. The molecule has 18 heavy (non-hydrogen) atoms. The van der Waals surface area contributed by atoms with Crippen molar-refractivity contribution in [1.82, 2.24) is 0 Å². The van der Waals surface area contributed by atoms with Gasteiger partial charge in [0, 0.05) is 6.04 Å². The second-order valence-corrected chi connectivity index (χ2v) is 4.69. The van der Waals surface area contributed by atoms with Gasteiger partial charge in [-0.3, -0.25) is 0 Å². The number of rotatable bonds is 5. The molecule has 3 nitrogen and oxygen atoms in total. The molecule has 4 heteroatoms. The average molecular weight is 272 g/mol. The number of hydrogen-bond donors (Lipinski definition) is 1. The van der Waals surface area contributed by atoms with Gasteiger partial charge in [0.1, 0.15) is 0 Å². The Kier molecular flexibility index (Phi) is 7.64. The zero-order valence-electron chi connectivity index (χ0n) is 11.2. The SMILES string of the molecule is COC(=O)c1cccc([C@H](N)CCC(C)C)c1.Cl. The molecule has 0 amide bonds. The van der Waals surface area contributed by atoms with Gasteiger partial charge in [-0.15, -0.1) is 12.4 Å². The third-order valence-electron chi connectivity index (χ3n) is 2.79. The Balaban J connectivity index is 0.00000289. The summed E-state index contributed by atoms with van der Waals surface area (Å²) >= 11 is 0. The van der Waals surface area contributed by atoms with Crippen LogP contribution in [-0.2, 0) is 4.74 Å². The fourth-order valence-electron chi connectivity index (χ4n) is 1.69. The topological polar surface area (TPSA) is 52.3 Å². The molecule has 1 aromatic rings. The summed E-state index contributed by atoms with van der Waals surface area (Å²) in [6.45, 7) is 4.36. The zero-order valence-corrected chi connectivity index (χ0v) is 12.0. The lowest BCUT2D eigenvalue weighted by molar-refractivity contribution is 0.0600. The number of benzene rings is 1. The Labute approximate surface area is 115 Å². The first-order chi connectivity index (χ1) is 8.04. The molecule has 0 spiro atoms. The monoisotopic (exact) mass is 271 g/mol. The van der Waals surface area contributed by atoms with Gasteiger partial charge in [-0.05, 0) is 36.5 Å². The summed E-state index contributed by atoms with van der Waals surface area (Å²) in [5.41, 5.74) is 7.66. The van der Waals surface area contributed by atoms with E-state index in [0.29, 0.717) is 11.5 Å². The smallest absolute Gasteiger partial charge is 0.337 e. The normalized spacial score (nSPS) is 11.8. The molecule has 0 bridgehead atoms. The van der Waals surface area contributed by atoms with Crippen molar-refractivity contribution in [2.45, 2.75) is 32.7 Å². The van der Waals surface area contributed by atoms with E-state index in [4.69, 9.17) is 5.73 Å². The predicted octanol–water partition coefficient (Wildman–Crippen LogP) is 3.33. The summed E-state index contributed by atoms with van der Waals surface area (Å²) in [6, 6.07) is 7.34. The van der Waals surface area contributed by atoms with Crippen LogP contribution in [0.2, 0.25) is 0 Å². The van der Waals surface area contributed by atoms with E-state index in [1.807, 2.05) is 18.2 Å². The van der Waals surface area contributed by atoms with E-state index in [1.54, 1.807) is 6.07 Å². The standard InChI is InChI=1S/C14H21NO2.ClH/c1-10(2)7-8-13(15)11-5-4-6-12(9-11)14(16)17-3;/h4-6,9-10,13H,7-8,15H2,1-3H3;1H/t13-;/m1./s1. The Morgan fingerprint density at radius 3 is 2.56 bits per heavy atom. The van der Waals surface area contributed by atoms with Crippen molar-refractivity contribution in [1.29, 1.82) is 0 Å². The van der Waals surface area contributed by atoms with Crippen molar-refractivity contribution >= 4 is 18.4 Å². The molecule has 0 aliphatic heterocycles. The third kappa shape index (κ3) is 5.07. The quantitative estimate of drug-likeness (QED) is 0.836. The molecule has 2 N–H and O–H groups in total. The van der Waals surface area contributed by atoms with Gasteiger partial charge in [0.25, 0.3) is 0 Å². The number of carbonyl (C=O) groups excluding carboxylic acids is 1. The molecule has 1 rings (SSSR count). The Hall–Kier alpha value is -1.06. The summed E-state index contributed by atoms with van der Waals surface area (Å²) in [4.78, 5) is 11.4. The van der Waals surface area contributed by atoms with Gasteiger partial charge in [0.2, 0.25) is 0 Å². The van der Waals surface area contributed by atoms with Crippen LogP contribution in [0.25, 0.3) is 0 Å². The lowest BCUT2D eigenvalue weighted by atomic mass is 9.97. The Morgan fingerprint density at radius 1 is 1.33 bits per heavy atom. The van der Waals surface area contributed by atoms with Crippen LogP contribution in [0, 0.1) is 5.92 Å². The van der Waals surface area contributed by atoms with Crippen LogP contribution in [0.15, 0.2) is 24.3 Å². The van der Waals surface area contributed by atoms with Gasteiger partial charge < -0.3 is 10.5 Å². The Morgan fingerprint density at radius 2 is 2.00 bits per heavy atom. The highest BCUT2D eigenvalue weighted by Crippen LogP contribution is 2.19. The molecule has 0 aliphatic rings. The lowest BCUT2D eigenvalue weighted by Crippen LogP contribution is -2.12. The van der Waals surface area contributed by atoms with Crippen LogP contribution in [0.1, 0.15) is 48.7 Å². The summed E-state index contributed by atoms with van der Waals surface area (Å²) in [7, 11) is 1.38. The predicted molar refractivity (Wildman–Crippen MR) is 76.0 cm³/mol. The minimum absolute atomic E-state index is 0. The first kappa shape index (κ1) is 16.9. The minimum Gasteiger partial charge on any atom is -0.465 e. The molecule has 0 aliphatic carbocycles. The molecule has 1 atom stereocenters. The molecule has 0 radical (unpaired) electrons. The highest BCUT2D eigenvalue weighted by atomic mass is 35.5. The molecule has 0 heterocycles. The van der Waals surface area contributed by atoms with Gasteiger partial charge in [-0.2, -0.15) is 0 Å². The van der Waals surface area contributed by atoms with Crippen molar-refractivity contribution in [3.05, 3.63) is 35.4 Å². The summed E-state index contributed by atoms with van der Waals surface area (Å²) in [5.74, 6) is 0.327. The molecule has 102 valence electrons. The van der Waals surface area contributed by atoms with Gasteiger partial charge in [0.15, 0.2) is 0 Å². The van der Waals surface area contributed by atoms with Crippen molar-refractivity contribution in [2.75, 3.05) is 7.11 Å². The van der Waals surface area contributed by atoms with E-state index in [0.717, 1.165) is 18.4 Å². The van der Waals surface area contributed by atoms with E-state index >= 15 is 0 Å². The average Bonchev–Trinajstić information content (AvgIpc) is 2.35. The summed E-state index contributed by atoms with van der Waals surface area (Å²) < 4.78 is 4.69. The zero-order chi connectivity index (χ0) is 12.8. The molecular weight excluding hydrogens is 250 g/mol. The maximum absolute atomic E-state index is 11.4. The maximum atomic E-state index is 11.4. The van der Waals surface area contributed by atoms with Gasteiger partial charge in [-0.1, -0.05) is 26.0 Å². The van der Waals surface area contributed by atoms with Crippen molar-refractivity contribution in [3.63, 3.8) is 0 Å². The summed E-state index contributed by atoms with van der Waals surface area (Å²) in [5, 5.41) is 0. The van der Waals surface area contributed by atoms with Crippen LogP contribution in [0.4, 0.5) is 0 Å². The van der Waals surface area contributed by atoms with E-state index in [-0.39, 0.29) is 24.4 Å². The van der Waals surface area contributed by atoms with E-state index in [9.17, 15) is 4.79 Å². The highest BCUT2D eigenvalue weighted by molar-refractivity contribution is 5.89. The Bertz CT molecular complexity index is 380. The third-order valence-corrected chi connectivity index (χ3v) is 2.79. The van der Waals surface area contributed by atoms with E-state index in [1.165, 1.54) is 7.11 Å². The van der Waals surface area contributed by atoms with E-state index < -0.39 is 0 Å². The fourth-order valence-corrected chi connectivity index (χ4v) is 1.69. The van der Waals surface area contributed by atoms with Gasteiger partial charge >= 0.3 is 5.97 Å². The maximum Gasteiger partial charge on any atom is 0.337 e. The molecule has 0 saturated carbocycles. The van der Waals surface area contributed by atoms with Crippen LogP contribution in [0.5, 0.6) is 0 Å². The largest absolute Gasteiger partial charge is 0.465 e. The molecule has 1 aromatic carbocycles. The van der Waals surface area contributed by atoms with Crippen molar-refractivity contribution in [3.8, 4) is 0 Å². The van der Waals surface area contributed by atoms with Crippen LogP contribution >= 0.6 is 12.4 Å². The number of hydrogen-bond acceptors (Lipinski definition) is 3. The second-order valence-electron chi connectivity index (χ2n) is 4.69. The first-order valence-corrected chi connectivity index (χ1v) is 5.98. The number of methoxy groups -OCH3 is 1. The number of halogens is 1. The fraction of sp³-hybridized carbons (Fsp3) is 0.500. The molecule has 0 saturated heterocycles. The van der Waals surface area contributed by atoms with Crippen LogP contribution in [-0.4, -0.2) is 13.1 Å². The highest BCUT2D eigenvalue weighted by Gasteiger charge is 2.10. The van der Waals surface area contributed by atoms with Gasteiger partial charge in [-0.25, -0.2) is 4.79 Å². The summed E-state index contributed by atoms with van der Waals surface area (Å²) in [6.07, 6.45) is 2.02. The van der Waals surface area contributed by atoms with Gasteiger partial charge in [0.05, 0.1) is 12.7 Å². The van der Waals surface area contributed by atoms with Crippen LogP contribution in [0.3, 0.4) is 0 Å². The first-order valence-electron chi connectivity index (χ1n) is 5.98. The minimum atomic E-state index is -0.317. The number of carbonyl (C=O) groups is 1. The number of esters is 1. The molecule has 0 unspecified atom stereocenters. The number of nitrogens with two attached hydrogens (primary N) is 1. The molecular formula is C14H22ClNO2. The lowest BCUT2D eigenvalue weighted by Gasteiger charge is -2.14.